The van der Waals surface area contributed by atoms with Crippen LogP contribution in [-0.4, -0.2) is 43.8 Å². The quantitative estimate of drug-likeness (QED) is 0.391. The van der Waals surface area contributed by atoms with Gasteiger partial charge in [0.05, 0.1) is 6.20 Å². The third kappa shape index (κ3) is 5.63. The third-order valence-corrected chi connectivity index (χ3v) is 8.61. The number of ether oxygens (including phenoxy) is 1. The molecule has 1 aromatic heterocycles. The first kappa shape index (κ1) is 27.8. The molecular weight excluding hydrogens is 545 g/mol. The monoisotopic (exact) mass is 572 g/mol. The summed E-state index contributed by atoms with van der Waals surface area (Å²) in [6.07, 6.45) is 2.98. The molecule has 2 heterocycles. The van der Waals surface area contributed by atoms with Gasteiger partial charge in [0.2, 0.25) is 15.9 Å². The van der Waals surface area contributed by atoms with Gasteiger partial charge in [0.25, 0.3) is 0 Å². The van der Waals surface area contributed by atoms with Gasteiger partial charge in [0, 0.05) is 49.1 Å². The Kier molecular flexibility index (Phi) is 7.88. The Morgan fingerprint density at radius 2 is 1.95 bits per heavy atom. The fourth-order valence-corrected chi connectivity index (χ4v) is 6.43. The first-order chi connectivity index (χ1) is 17.1. The lowest BCUT2D eigenvalue weighted by atomic mass is 9.56. The van der Waals surface area contributed by atoms with Crippen molar-refractivity contribution in [2.45, 2.75) is 41.5 Å². The maximum Gasteiger partial charge on any atom is 0.250 e. The number of aryl methyl sites for hydroxylation is 1. The second kappa shape index (κ2) is 10.5. The second-order valence-electron chi connectivity index (χ2n) is 9.47. The predicted molar refractivity (Wildman–Crippen MR) is 139 cm³/mol. The van der Waals surface area contributed by atoms with E-state index in [-0.39, 0.29) is 49.3 Å². The van der Waals surface area contributed by atoms with Crippen LogP contribution in [0.15, 0.2) is 59.8 Å². The minimum absolute atomic E-state index is 0. The SMILES string of the molecule is Cl.Cn1cc(S(=O)(=O)NCCOc2ccc3c(c2)C(C2(c4ccc(Cl)cc4)CC(F)(F)C2)NCC3)cn1. The van der Waals surface area contributed by atoms with Crippen molar-refractivity contribution in [2.24, 2.45) is 7.05 Å². The topological polar surface area (TPSA) is 85.2 Å². The molecule has 0 saturated heterocycles. The van der Waals surface area contributed by atoms with E-state index in [2.05, 4.69) is 15.1 Å². The molecule has 12 heteroatoms. The van der Waals surface area contributed by atoms with E-state index in [0.717, 1.165) is 23.1 Å². The fraction of sp³-hybridized carbons (Fsp3) is 0.400. The highest BCUT2D eigenvalue weighted by Crippen LogP contribution is 2.60. The van der Waals surface area contributed by atoms with Crippen molar-refractivity contribution in [2.75, 3.05) is 19.7 Å². The van der Waals surface area contributed by atoms with Crippen molar-refractivity contribution in [3.8, 4) is 5.75 Å². The average molecular weight is 573 g/mol. The molecule has 2 aromatic carbocycles. The van der Waals surface area contributed by atoms with Crippen LogP contribution in [0.3, 0.4) is 0 Å². The van der Waals surface area contributed by atoms with E-state index < -0.39 is 21.4 Å². The summed E-state index contributed by atoms with van der Waals surface area (Å²) in [5, 5.41) is 7.92. The van der Waals surface area contributed by atoms with E-state index in [1.807, 2.05) is 30.3 Å². The van der Waals surface area contributed by atoms with Gasteiger partial charge in [-0.25, -0.2) is 21.9 Å². The number of nitrogens with one attached hydrogen (secondary N) is 2. The van der Waals surface area contributed by atoms with E-state index in [4.69, 9.17) is 16.3 Å². The normalized spacial score (nSPS) is 19.8. The molecule has 0 spiro atoms. The number of alkyl halides is 2. The van der Waals surface area contributed by atoms with Gasteiger partial charge in [-0.1, -0.05) is 29.8 Å². The number of rotatable bonds is 8. The molecule has 1 atom stereocenters. The number of hydrogen-bond acceptors (Lipinski definition) is 5. The van der Waals surface area contributed by atoms with E-state index in [1.165, 1.54) is 17.1 Å². The molecule has 3 aromatic rings. The van der Waals surface area contributed by atoms with Gasteiger partial charge in [-0.15, -0.1) is 12.4 Å². The van der Waals surface area contributed by atoms with Crippen LogP contribution in [-0.2, 0) is 28.9 Å². The highest BCUT2D eigenvalue weighted by molar-refractivity contribution is 7.89. The molecule has 1 fully saturated rings. The van der Waals surface area contributed by atoms with E-state index in [1.54, 1.807) is 19.2 Å². The maximum atomic E-state index is 14.3. The molecule has 0 amide bonds. The summed E-state index contributed by atoms with van der Waals surface area (Å²) in [6.45, 7) is 0.864. The first-order valence-electron chi connectivity index (χ1n) is 11.7. The van der Waals surface area contributed by atoms with Gasteiger partial charge in [0.15, 0.2) is 0 Å². The van der Waals surface area contributed by atoms with Crippen molar-refractivity contribution in [3.05, 3.63) is 76.6 Å². The second-order valence-corrected chi connectivity index (χ2v) is 11.7. The zero-order valence-electron chi connectivity index (χ0n) is 20.1. The van der Waals surface area contributed by atoms with Crippen molar-refractivity contribution in [1.29, 1.82) is 0 Å². The van der Waals surface area contributed by atoms with Gasteiger partial charge >= 0.3 is 0 Å². The summed E-state index contributed by atoms with van der Waals surface area (Å²) in [5.41, 5.74) is 2.09. The number of halogens is 4. The summed E-state index contributed by atoms with van der Waals surface area (Å²) in [4.78, 5) is 0.0810. The van der Waals surface area contributed by atoms with E-state index in [0.29, 0.717) is 17.3 Å². The van der Waals surface area contributed by atoms with Gasteiger partial charge in [0.1, 0.15) is 17.3 Å². The summed E-state index contributed by atoms with van der Waals surface area (Å²) >= 11 is 6.06. The van der Waals surface area contributed by atoms with Crippen LogP contribution in [0.2, 0.25) is 5.02 Å². The lowest BCUT2D eigenvalue weighted by molar-refractivity contribution is -0.138. The Balaban J connectivity index is 0.00000320. The molecule has 1 saturated carbocycles. The molecule has 2 N–H and O–H groups in total. The van der Waals surface area contributed by atoms with Crippen LogP contribution < -0.4 is 14.8 Å². The minimum atomic E-state index is -3.68. The smallest absolute Gasteiger partial charge is 0.250 e. The number of nitrogens with zero attached hydrogens (tertiary/aromatic N) is 2. The van der Waals surface area contributed by atoms with Crippen LogP contribution in [0.1, 0.15) is 35.6 Å². The zero-order chi connectivity index (χ0) is 25.6. The number of fused-ring (bicyclic) bond motifs is 1. The minimum Gasteiger partial charge on any atom is -0.492 e. The fourth-order valence-electron chi connectivity index (χ4n) is 5.31. The van der Waals surface area contributed by atoms with Crippen LogP contribution in [0.4, 0.5) is 8.78 Å². The van der Waals surface area contributed by atoms with E-state index >= 15 is 0 Å². The number of aromatic nitrogens is 2. The number of sulfonamides is 1. The molecule has 0 radical (unpaired) electrons. The average Bonchev–Trinajstić information content (AvgIpc) is 3.27. The van der Waals surface area contributed by atoms with Crippen molar-refractivity contribution >= 4 is 34.0 Å². The largest absolute Gasteiger partial charge is 0.492 e. The van der Waals surface area contributed by atoms with Gasteiger partial charge < -0.3 is 10.1 Å². The first-order valence-corrected chi connectivity index (χ1v) is 13.6. The lowest BCUT2D eigenvalue weighted by Crippen LogP contribution is -2.57. The highest BCUT2D eigenvalue weighted by Gasteiger charge is 2.61. The van der Waals surface area contributed by atoms with Gasteiger partial charge in [-0.2, -0.15) is 5.10 Å². The molecule has 200 valence electrons. The summed E-state index contributed by atoms with van der Waals surface area (Å²) < 4.78 is 63.0. The van der Waals surface area contributed by atoms with E-state index in [9.17, 15) is 17.2 Å². The number of hydrogen-bond donors (Lipinski definition) is 2. The zero-order valence-corrected chi connectivity index (χ0v) is 22.5. The van der Waals surface area contributed by atoms with Crippen LogP contribution in [0, 0.1) is 0 Å². The maximum absolute atomic E-state index is 14.3. The van der Waals surface area contributed by atoms with Gasteiger partial charge in [-0.3, -0.25) is 4.68 Å². The van der Waals surface area contributed by atoms with Crippen LogP contribution in [0.5, 0.6) is 5.75 Å². The molecule has 1 aliphatic carbocycles. The number of benzene rings is 2. The molecule has 1 unspecified atom stereocenters. The lowest BCUT2D eigenvalue weighted by Gasteiger charge is -2.54. The molecular formula is C25H28Cl2F2N4O3S. The van der Waals surface area contributed by atoms with Crippen molar-refractivity contribution < 1.29 is 21.9 Å². The Hall–Kier alpha value is -2.24. The summed E-state index contributed by atoms with van der Waals surface area (Å²) in [6, 6.07) is 12.5. The van der Waals surface area contributed by atoms with Crippen molar-refractivity contribution in [1.82, 2.24) is 19.8 Å². The Morgan fingerprint density at radius 1 is 1.22 bits per heavy atom. The third-order valence-electron chi connectivity index (χ3n) is 6.95. The summed E-state index contributed by atoms with van der Waals surface area (Å²) in [7, 11) is -2.04. The Labute approximate surface area is 226 Å². The molecule has 1 aliphatic heterocycles. The standard InChI is InChI=1S/C25H27ClF2N4O3S.ClH/c1-32-14-21(13-30-32)36(33,34)31-10-11-35-20-7-2-17-8-9-29-23(22(17)12-20)24(15-25(27,28)16-24)18-3-5-19(26)6-4-18;/h2-7,12-14,23,29,31H,8-11,15-16H2,1H3;1H. The Morgan fingerprint density at radius 3 is 2.59 bits per heavy atom. The van der Waals surface area contributed by atoms with Crippen molar-refractivity contribution in [3.63, 3.8) is 0 Å². The van der Waals surface area contributed by atoms with Crippen LogP contribution >= 0.6 is 24.0 Å². The van der Waals surface area contributed by atoms with Gasteiger partial charge in [-0.05, 0) is 53.9 Å². The summed E-state index contributed by atoms with van der Waals surface area (Å²) in [5.74, 6) is -2.17. The van der Waals surface area contributed by atoms with Crippen LogP contribution in [0.25, 0.3) is 0 Å². The molecule has 2 aliphatic rings. The molecule has 0 bridgehead atoms. The highest BCUT2D eigenvalue weighted by atomic mass is 35.5. The Bertz CT molecular complexity index is 1360. The molecule has 7 nitrogen and oxygen atoms in total. The predicted octanol–water partition coefficient (Wildman–Crippen LogP) is 4.41. The molecule has 5 rings (SSSR count). The molecule has 37 heavy (non-hydrogen) atoms.